The van der Waals surface area contributed by atoms with Crippen LogP contribution in [0.5, 0.6) is 0 Å². The molecule has 0 rings (SSSR count). The van der Waals surface area contributed by atoms with Gasteiger partial charge in [-0.2, -0.15) is 0 Å². The molecule has 0 aliphatic heterocycles. The summed E-state index contributed by atoms with van der Waals surface area (Å²) in [5.74, 6) is -1.41. The Balaban J connectivity index is 3.60. The Hall–Kier alpha value is -1.12. The van der Waals surface area contributed by atoms with Crippen molar-refractivity contribution in [2.45, 2.75) is 26.2 Å². The maximum atomic E-state index is 10.7. The monoisotopic (exact) mass is 156 g/mol. The van der Waals surface area contributed by atoms with Crippen LogP contribution in [0.1, 0.15) is 26.2 Å². The first-order chi connectivity index (χ1) is 5.16. The van der Waals surface area contributed by atoms with Gasteiger partial charge >= 0.3 is 5.97 Å². The number of carbonyl (C=O) groups excluding carboxylic acids is 1. The van der Waals surface area contributed by atoms with Gasteiger partial charge in [-0.15, -0.1) is 0 Å². The number of carboxylic acids is 1. The second-order valence-electron chi connectivity index (χ2n) is 2.23. The zero-order chi connectivity index (χ0) is 8.69. The van der Waals surface area contributed by atoms with Crippen molar-refractivity contribution in [3.05, 3.63) is 12.2 Å². The molecule has 0 saturated carbocycles. The van der Waals surface area contributed by atoms with E-state index in [0.717, 1.165) is 12.8 Å². The van der Waals surface area contributed by atoms with Crippen molar-refractivity contribution in [2.75, 3.05) is 0 Å². The Morgan fingerprint density at radius 1 is 1.45 bits per heavy atom. The minimum absolute atomic E-state index is 0.342. The molecule has 0 aromatic heterocycles. The van der Waals surface area contributed by atoms with Gasteiger partial charge in [-0.25, -0.2) is 0 Å². The summed E-state index contributed by atoms with van der Waals surface area (Å²) in [5, 5.41) is 8.19. The lowest BCUT2D eigenvalue weighted by Gasteiger charge is -1.87. The van der Waals surface area contributed by atoms with E-state index in [2.05, 4.69) is 0 Å². The Labute approximate surface area is 65.7 Å². The van der Waals surface area contributed by atoms with Gasteiger partial charge in [0.25, 0.3) is 0 Å². The number of rotatable bonds is 5. The van der Waals surface area contributed by atoms with Gasteiger partial charge in [0.1, 0.15) is 6.42 Å². The van der Waals surface area contributed by atoms with Crippen LogP contribution in [0.15, 0.2) is 12.2 Å². The molecule has 11 heavy (non-hydrogen) atoms. The molecule has 0 radical (unpaired) electrons. The summed E-state index contributed by atoms with van der Waals surface area (Å²) >= 11 is 0. The van der Waals surface area contributed by atoms with Gasteiger partial charge in [0, 0.05) is 0 Å². The molecule has 3 nitrogen and oxygen atoms in total. The number of carbonyl (C=O) groups is 2. The van der Waals surface area contributed by atoms with Crippen molar-refractivity contribution in [1.29, 1.82) is 0 Å². The lowest BCUT2D eigenvalue weighted by Crippen LogP contribution is -2.02. The molecule has 0 heterocycles. The van der Waals surface area contributed by atoms with E-state index in [-0.39, 0.29) is 5.78 Å². The van der Waals surface area contributed by atoms with Crippen LogP contribution in [0, 0.1) is 0 Å². The van der Waals surface area contributed by atoms with E-state index >= 15 is 0 Å². The van der Waals surface area contributed by atoms with Crippen LogP contribution < -0.4 is 0 Å². The predicted molar refractivity (Wildman–Crippen MR) is 41.3 cm³/mol. The molecule has 62 valence electrons. The number of hydrogen-bond donors (Lipinski definition) is 1. The van der Waals surface area contributed by atoms with Gasteiger partial charge in [-0.05, 0) is 12.5 Å². The number of hydrogen-bond acceptors (Lipinski definition) is 2. The minimum atomic E-state index is -1.07. The highest BCUT2D eigenvalue weighted by Crippen LogP contribution is 1.91. The summed E-state index contributed by atoms with van der Waals surface area (Å²) in [7, 11) is 0. The quantitative estimate of drug-likeness (QED) is 0.483. The standard InChI is InChI=1S/C8H12O3/c1-2-3-4-5-7(9)6-8(10)11/h4-5H,2-3,6H2,1H3,(H,10,11). The molecule has 1 N–H and O–H groups in total. The van der Waals surface area contributed by atoms with Gasteiger partial charge in [0.15, 0.2) is 5.78 Å². The Morgan fingerprint density at radius 3 is 2.55 bits per heavy atom. The van der Waals surface area contributed by atoms with Crippen molar-refractivity contribution in [3.63, 3.8) is 0 Å². The highest BCUT2D eigenvalue weighted by molar-refractivity contribution is 6.01. The molecule has 0 amide bonds. The molecule has 0 aliphatic carbocycles. The van der Waals surface area contributed by atoms with Crippen molar-refractivity contribution in [3.8, 4) is 0 Å². The molecule has 0 unspecified atom stereocenters. The number of aliphatic carboxylic acids is 1. The first-order valence-electron chi connectivity index (χ1n) is 3.58. The number of ketones is 1. The summed E-state index contributed by atoms with van der Waals surface area (Å²) in [6.45, 7) is 1.99. The molecular weight excluding hydrogens is 144 g/mol. The van der Waals surface area contributed by atoms with Crippen LogP contribution in [0.4, 0.5) is 0 Å². The van der Waals surface area contributed by atoms with Crippen LogP contribution in [-0.2, 0) is 9.59 Å². The third-order valence-corrected chi connectivity index (χ3v) is 1.08. The Kier molecular flexibility index (Phi) is 5.07. The minimum Gasteiger partial charge on any atom is -0.481 e. The fourth-order valence-corrected chi connectivity index (χ4v) is 0.589. The third kappa shape index (κ3) is 6.77. The fraction of sp³-hybridized carbons (Fsp3) is 0.500. The van der Waals surface area contributed by atoms with Crippen molar-refractivity contribution in [2.24, 2.45) is 0 Å². The van der Waals surface area contributed by atoms with E-state index in [1.807, 2.05) is 6.92 Å². The summed E-state index contributed by atoms with van der Waals surface area (Å²) in [6.07, 6.45) is 4.42. The van der Waals surface area contributed by atoms with E-state index in [9.17, 15) is 9.59 Å². The maximum absolute atomic E-state index is 10.7. The van der Waals surface area contributed by atoms with E-state index in [4.69, 9.17) is 5.11 Å². The van der Waals surface area contributed by atoms with Crippen LogP contribution >= 0.6 is 0 Å². The molecule has 0 fully saturated rings. The lowest BCUT2D eigenvalue weighted by atomic mass is 10.2. The Bertz CT molecular complexity index is 170. The average Bonchev–Trinajstić information content (AvgIpc) is 1.86. The van der Waals surface area contributed by atoms with Gasteiger partial charge in [-0.1, -0.05) is 19.4 Å². The van der Waals surface area contributed by atoms with E-state index in [1.54, 1.807) is 6.08 Å². The zero-order valence-corrected chi connectivity index (χ0v) is 6.54. The molecular formula is C8H12O3. The lowest BCUT2D eigenvalue weighted by molar-refractivity contribution is -0.139. The average molecular weight is 156 g/mol. The molecule has 0 saturated heterocycles. The summed E-state index contributed by atoms with van der Waals surface area (Å²) in [4.78, 5) is 20.6. The van der Waals surface area contributed by atoms with Crippen LogP contribution in [0.2, 0.25) is 0 Å². The summed E-state index contributed by atoms with van der Waals surface area (Å²) in [5.41, 5.74) is 0. The second-order valence-corrected chi connectivity index (χ2v) is 2.23. The van der Waals surface area contributed by atoms with Crippen LogP contribution in [-0.4, -0.2) is 16.9 Å². The molecule has 0 bridgehead atoms. The van der Waals surface area contributed by atoms with Gasteiger partial charge in [0.2, 0.25) is 0 Å². The van der Waals surface area contributed by atoms with Crippen LogP contribution in [0.3, 0.4) is 0 Å². The van der Waals surface area contributed by atoms with Crippen molar-refractivity contribution >= 4 is 11.8 Å². The Morgan fingerprint density at radius 2 is 2.09 bits per heavy atom. The van der Waals surface area contributed by atoms with E-state index in [0.29, 0.717) is 0 Å². The molecule has 0 aromatic carbocycles. The van der Waals surface area contributed by atoms with E-state index in [1.165, 1.54) is 6.08 Å². The first kappa shape index (κ1) is 9.88. The molecule has 0 aromatic rings. The second kappa shape index (κ2) is 5.65. The summed E-state index contributed by atoms with van der Waals surface area (Å²) in [6, 6.07) is 0. The molecule has 0 aliphatic rings. The molecule has 3 heteroatoms. The number of carboxylic acid groups (broad SMARTS) is 1. The smallest absolute Gasteiger partial charge is 0.311 e. The number of allylic oxidation sites excluding steroid dienone is 2. The fourth-order valence-electron chi connectivity index (χ4n) is 0.589. The topological polar surface area (TPSA) is 54.4 Å². The highest BCUT2D eigenvalue weighted by Gasteiger charge is 2.01. The molecule has 0 spiro atoms. The third-order valence-electron chi connectivity index (χ3n) is 1.08. The van der Waals surface area contributed by atoms with Gasteiger partial charge in [0.05, 0.1) is 0 Å². The summed E-state index contributed by atoms with van der Waals surface area (Å²) < 4.78 is 0. The number of unbranched alkanes of at least 4 members (excludes halogenated alkanes) is 1. The largest absolute Gasteiger partial charge is 0.481 e. The normalized spacial score (nSPS) is 10.3. The van der Waals surface area contributed by atoms with Gasteiger partial charge in [-0.3, -0.25) is 9.59 Å². The molecule has 0 atom stereocenters. The van der Waals surface area contributed by atoms with E-state index < -0.39 is 12.4 Å². The predicted octanol–water partition coefficient (Wildman–Crippen LogP) is 1.39. The van der Waals surface area contributed by atoms with Crippen LogP contribution in [0.25, 0.3) is 0 Å². The van der Waals surface area contributed by atoms with Crippen molar-refractivity contribution in [1.82, 2.24) is 0 Å². The maximum Gasteiger partial charge on any atom is 0.311 e. The SMILES string of the molecule is CCCC=CC(=O)CC(=O)O. The van der Waals surface area contributed by atoms with Crippen molar-refractivity contribution < 1.29 is 14.7 Å². The highest BCUT2D eigenvalue weighted by atomic mass is 16.4. The van der Waals surface area contributed by atoms with Gasteiger partial charge < -0.3 is 5.11 Å². The zero-order valence-electron chi connectivity index (χ0n) is 6.54. The first-order valence-corrected chi connectivity index (χ1v) is 3.58.